The molecule has 3 rings (SSSR count). The predicted molar refractivity (Wildman–Crippen MR) is 83.8 cm³/mol. The zero-order valence-corrected chi connectivity index (χ0v) is 12.6. The van der Waals surface area contributed by atoms with Gasteiger partial charge in [-0.25, -0.2) is 4.98 Å². The number of fused-ring (bicyclic) bond motifs is 1. The van der Waals surface area contributed by atoms with Crippen LogP contribution in [0.4, 0.5) is 11.5 Å². The molecule has 2 N–H and O–H groups in total. The number of hydrogen-bond donors (Lipinski definition) is 2. The van der Waals surface area contributed by atoms with E-state index in [1.165, 1.54) is 22.3 Å². The Labute approximate surface area is 121 Å². The SMILES string of the molecule is Cc1cccc(C)c1-c1c(Br)cnc2c1NCCN2. The molecule has 0 aliphatic carbocycles. The molecule has 0 atom stereocenters. The summed E-state index contributed by atoms with van der Waals surface area (Å²) in [5, 5.41) is 6.81. The molecule has 0 spiro atoms. The lowest BCUT2D eigenvalue weighted by Gasteiger charge is -2.24. The summed E-state index contributed by atoms with van der Waals surface area (Å²) in [6, 6.07) is 6.40. The molecule has 0 radical (unpaired) electrons. The number of pyridine rings is 1. The molecule has 3 nitrogen and oxygen atoms in total. The molecule has 98 valence electrons. The summed E-state index contributed by atoms with van der Waals surface area (Å²) in [7, 11) is 0. The van der Waals surface area contributed by atoms with Gasteiger partial charge in [0, 0.05) is 29.3 Å². The topological polar surface area (TPSA) is 37.0 Å². The van der Waals surface area contributed by atoms with Gasteiger partial charge in [0.25, 0.3) is 0 Å². The van der Waals surface area contributed by atoms with Crippen LogP contribution in [-0.4, -0.2) is 18.1 Å². The Morgan fingerprint density at radius 2 is 1.74 bits per heavy atom. The fraction of sp³-hybridized carbons (Fsp3) is 0.267. The van der Waals surface area contributed by atoms with Gasteiger partial charge in [-0.1, -0.05) is 18.2 Å². The van der Waals surface area contributed by atoms with Crippen molar-refractivity contribution in [3.63, 3.8) is 0 Å². The molecule has 2 aromatic rings. The number of benzene rings is 1. The third-order valence-electron chi connectivity index (χ3n) is 3.48. The first-order valence-corrected chi connectivity index (χ1v) is 7.20. The minimum Gasteiger partial charge on any atom is -0.380 e. The molecule has 1 aliphatic heterocycles. The Bertz CT molecular complexity index is 617. The van der Waals surface area contributed by atoms with E-state index >= 15 is 0 Å². The van der Waals surface area contributed by atoms with Crippen LogP contribution in [0.5, 0.6) is 0 Å². The van der Waals surface area contributed by atoms with Crippen molar-refractivity contribution in [2.24, 2.45) is 0 Å². The first-order valence-electron chi connectivity index (χ1n) is 6.41. The Morgan fingerprint density at radius 3 is 2.47 bits per heavy atom. The highest BCUT2D eigenvalue weighted by atomic mass is 79.9. The Balaban J connectivity index is 2.30. The van der Waals surface area contributed by atoms with Gasteiger partial charge in [-0.15, -0.1) is 0 Å². The van der Waals surface area contributed by atoms with Gasteiger partial charge in [-0.05, 0) is 46.5 Å². The van der Waals surface area contributed by atoms with Crippen LogP contribution in [0.3, 0.4) is 0 Å². The number of hydrogen-bond acceptors (Lipinski definition) is 3. The van der Waals surface area contributed by atoms with Crippen molar-refractivity contribution in [2.75, 3.05) is 23.7 Å². The monoisotopic (exact) mass is 317 g/mol. The van der Waals surface area contributed by atoms with Crippen molar-refractivity contribution >= 4 is 27.4 Å². The molecule has 1 aliphatic rings. The standard InChI is InChI=1S/C15H16BrN3/c1-9-4-3-5-10(2)12(9)13-11(16)8-19-15-14(13)17-6-7-18-15/h3-5,8,17H,6-7H2,1-2H3,(H,18,19). The van der Waals surface area contributed by atoms with Gasteiger partial charge in [-0.2, -0.15) is 0 Å². The van der Waals surface area contributed by atoms with Gasteiger partial charge in [0.2, 0.25) is 0 Å². The van der Waals surface area contributed by atoms with E-state index in [2.05, 4.69) is 63.6 Å². The van der Waals surface area contributed by atoms with Crippen LogP contribution < -0.4 is 10.6 Å². The average molecular weight is 318 g/mol. The van der Waals surface area contributed by atoms with Crippen molar-refractivity contribution in [3.8, 4) is 11.1 Å². The summed E-state index contributed by atoms with van der Waals surface area (Å²) in [6.07, 6.45) is 1.88. The molecule has 0 fully saturated rings. The van der Waals surface area contributed by atoms with Crippen LogP contribution in [0.25, 0.3) is 11.1 Å². The molecule has 4 heteroatoms. The summed E-state index contributed by atoms with van der Waals surface area (Å²) in [5.74, 6) is 0.937. The van der Waals surface area contributed by atoms with Crippen molar-refractivity contribution in [2.45, 2.75) is 13.8 Å². The lowest BCUT2D eigenvalue weighted by Crippen LogP contribution is -2.22. The van der Waals surface area contributed by atoms with E-state index in [4.69, 9.17) is 0 Å². The van der Waals surface area contributed by atoms with Crippen LogP contribution >= 0.6 is 15.9 Å². The first kappa shape index (κ1) is 12.5. The zero-order valence-electron chi connectivity index (χ0n) is 11.0. The lowest BCUT2D eigenvalue weighted by molar-refractivity contribution is 1.02. The second-order valence-corrected chi connectivity index (χ2v) is 5.68. The normalized spacial score (nSPS) is 13.4. The van der Waals surface area contributed by atoms with Crippen LogP contribution in [0.1, 0.15) is 11.1 Å². The van der Waals surface area contributed by atoms with Gasteiger partial charge < -0.3 is 10.6 Å². The number of aryl methyl sites for hydroxylation is 2. The highest BCUT2D eigenvalue weighted by Gasteiger charge is 2.20. The second-order valence-electron chi connectivity index (χ2n) is 4.83. The predicted octanol–water partition coefficient (Wildman–Crippen LogP) is 3.97. The maximum absolute atomic E-state index is 4.44. The van der Waals surface area contributed by atoms with Crippen molar-refractivity contribution in [1.82, 2.24) is 4.98 Å². The van der Waals surface area contributed by atoms with Crippen molar-refractivity contribution < 1.29 is 0 Å². The molecule has 0 unspecified atom stereocenters. The quantitative estimate of drug-likeness (QED) is 0.835. The van der Waals surface area contributed by atoms with E-state index < -0.39 is 0 Å². The van der Waals surface area contributed by atoms with E-state index in [0.717, 1.165) is 29.1 Å². The zero-order chi connectivity index (χ0) is 13.4. The highest BCUT2D eigenvalue weighted by Crippen LogP contribution is 2.42. The summed E-state index contributed by atoms with van der Waals surface area (Å²) < 4.78 is 1.03. The molecular weight excluding hydrogens is 302 g/mol. The molecule has 1 aromatic carbocycles. The van der Waals surface area contributed by atoms with Gasteiger partial charge in [0.1, 0.15) is 5.82 Å². The molecule has 0 bridgehead atoms. The molecule has 0 saturated heterocycles. The van der Waals surface area contributed by atoms with Gasteiger partial charge in [0.15, 0.2) is 0 Å². The number of rotatable bonds is 1. The van der Waals surface area contributed by atoms with Crippen LogP contribution in [0, 0.1) is 13.8 Å². The van der Waals surface area contributed by atoms with Crippen LogP contribution in [0.2, 0.25) is 0 Å². The maximum Gasteiger partial charge on any atom is 0.150 e. The van der Waals surface area contributed by atoms with Crippen LogP contribution in [0.15, 0.2) is 28.9 Å². The average Bonchev–Trinajstić information content (AvgIpc) is 2.41. The molecule has 0 amide bonds. The Morgan fingerprint density at radius 1 is 1.05 bits per heavy atom. The maximum atomic E-state index is 4.44. The third-order valence-corrected chi connectivity index (χ3v) is 4.08. The van der Waals surface area contributed by atoms with Crippen LogP contribution in [-0.2, 0) is 0 Å². The van der Waals surface area contributed by atoms with E-state index in [1.807, 2.05) is 6.20 Å². The summed E-state index contributed by atoms with van der Waals surface area (Å²) in [4.78, 5) is 4.44. The smallest absolute Gasteiger partial charge is 0.150 e. The lowest BCUT2D eigenvalue weighted by atomic mass is 9.95. The summed E-state index contributed by atoms with van der Waals surface area (Å²) >= 11 is 3.65. The van der Waals surface area contributed by atoms with Gasteiger partial charge in [-0.3, -0.25) is 0 Å². The van der Waals surface area contributed by atoms with E-state index in [1.54, 1.807) is 0 Å². The number of nitrogens with zero attached hydrogens (tertiary/aromatic N) is 1. The number of aromatic nitrogens is 1. The molecule has 19 heavy (non-hydrogen) atoms. The van der Waals surface area contributed by atoms with Gasteiger partial charge >= 0.3 is 0 Å². The number of halogens is 1. The van der Waals surface area contributed by atoms with E-state index in [9.17, 15) is 0 Å². The minimum atomic E-state index is 0.911. The van der Waals surface area contributed by atoms with E-state index in [0.29, 0.717) is 0 Å². The molecule has 1 aromatic heterocycles. The molecular formula is C15H16BrN3. The minimum absolute atomic E-state index is 0.911. The number of anilines is 2. The number of nitrogens with one attached hydrogen (secondary N) is 2. The fourth-order valence-corrected chi connectivity index (χ4v) is 3.11. The van der Waals surface area contributed by atoms with Crippen molar-refractivity contribution in [1.29, 1.82) is 0 Å². The second kappa shape index (κ2) is 4.85. The molecule has 0 saturated carbocycles. The summed E-state index contributed by atoms with van der Waals surface area (Å²) in [5.41, 5.74) is 6.14. The third kappa shape index (κ3) is 2.10. The fourth-order valence-electron chi connectivity index (χ4n) is 2.62. The molecule has 2 heterocycles. The largest absolute Gasteiger partial charge is 0.380 e. The van der Waals surface area contributed by atoms with E-state index in [-0.39, 0.29) is 0 Å². The first-order chi connectivity index (χ1) is 9.18. The van der Waals surface area contributed by atoms with Gasteiger partial charge in [0.05, 0.1) is 5.69 Å². The Kier molecular flexibility index (Phi) is 3.19. The van der Waals surface area contributed by atoms with Crippen molar-refractivity contribution in [3.05, 3.63) is 40.0 Å². The summed E-state index contributed by atoms with van der Waals surface area (Å²) in [6.45, 7) is 6.13. The highest BCUT2D eigenvalue weighted by molar-refractivity contribution is 9.10. The Hall–Kier alpha value is -1.55.